The van der Waals surface area contributed by atoms with E-state index in [4.69, 9.17) is 0 Å². The van der Waals surface area contributed by atoms with Gasteiger partial charge in [0.05, 0.1) is 12.1 Å². The molecule has 5 nitrogen and oxygen atoms in total. The quantitative estimate of drug-likeness (QED) is 0.451. The first kappa shape index (κ1) is 19.6. The van der Waals surface area contributed by atoms with Gasteiger partial charge in [0.2, 0.25) is 5.91 Å². The Morgan fingerprint density at radius 2 is 1.63 bits per heavy atom. The number of carbonyl (C=O) groups is 1. The predicted molar refractivity (Wildman–Crippen MR) is 117 cm³/mol. The second-order valence-corrected chi connectivity index (χ2v) is 7.21. The van der Waals surface area contributed by atoms with Crippen LogP contribution in [0.3, 0.4) is 0 Å². The molecule has 0 radical (unpaired) electrons. The standard InChI is InChI=1S/C25H24N4O/c30-25(18-22-9-11-24(12-10-22)29-16-5-15-27-29)28(20-23-8-4-14-26-19-23)17-13-21-6-2-1-3-7-21/h1-12,14-16,19H,13,17-18,20H2. The molecule has 4 rings (SSSR count). The predicted octanol–water partition coefficient (Wildman–Crippen LogP) is 4.08. The van der Waals surface area contributed by atoms with E-state index < -0.39 is 0 Å². The average molecular weight is 396 g/mol. The summed E-state index contributed by atoms with van der Waals surface area (Å²) in [5.41, 5.74) is 4.23. The van der Waals surface area contributed by atoms with E-state index in [1.165, 1.54) is 5.56 Å². The van der Waals surface area contributed by atoms with Gasteiger partial charge in [0, 0.05) is 37.9 Å². The first-order valence-electron chi connectivity index (χ1n) is 10.1. The molecule has 0 unspecified atom stereocenters. The molecule has 0 aliphatic heterocycles. The maximum Gasteiger partial charge on any atom is 0.227 e. The second-order valence-electron chi connectivity index (χ2n) is 7.21. The molecule has 0 fully saturated rings. The van der Waals surface area contributed by atoms with E-state index in [2.05, 4.69) is 22.2 Å². The Balaban J connectivity index is 1.45. The van der Waals surface area contributed by atoms with E-state index in [1.54, 1.807) is 17.1 Å². The lowest BCUT2D eigenvalue weighted by molar-refractivity contribution is -0.131. The van der Waals surface area contributed by atoms with Crippen LogP contribution in [0.4, 0.5) is 0 Å². The molecule has 5 heteroatoms. The van der Waals surface area contributed by atoms with Gasteiger partial charge in [0.15, 0.2) is 0 Å². The van der Waals surface area contributed by atoms with E-state index in [1.807, 2.05) is 78.0 Å². The van der Waals surface area contributed by atoms with Gasteiger partial charge in [0.25, 0.3) is 0 Å². The Labute approximate surface area is 176 Å². The van der Waals surface area contributed by atoms with Crippen LogP contribution in [0.15, 0.2) is 97.6 Å². The van der Waals surface area contributed by atoms with Crippen LogP contribution in [0.25, 0.3) is 5.69 Å². The smallest absolute Gasteiger partial charge is 0.227 e. The molecule has 30 heavy (non-hydrogen) atoms. The van der Waals surface area contributed by atoms with E-state index in [9.17, 15) is 4.79 Å². The molecule has 0 aliphatic carbocycles. The van der Waals surface area contributed by atoms with E-state index >= 15 is 0 Å². The number of aromatic nitrogens is 3. The lowest BCUT2D eigenvalue weighted by Crippen LogP contribution is -2.33. The van der Waals surface area contributed by atoms with Crippen LogP contribution in [0.5, 0.6) is 0 Å². The summed E-state index contributed by atoms with van der Waals surface area (Å²) in [4.78, 5) is 19.2. The number of hydrogen-bond acceptors (Lipinski definition) is 3. The number of carbonyl (C=O) groups excluding carboxylic acids is 1. The normalized spacial score (nSPS) is 10.7. The Bertz CT molecular complexity index is 1050. The summed E-state index contributed by atoms with van der Waals surface area (Å²) in [6, 6.07) is 24.0. The monoisotopic (exact) mass is 396 g/mol. The van der Waals surface area contributed by atoms with Crippen molar-refractivity contribution < 1.29 is 4.79 Å². The molecule has 0 atom stereocenters. The summed E-state index contributed by atoms with van der Waals surface area (Å²) in [5, 5.41) is 4.24. The maximum absolute atomic E-state index is 13.1. The zero-order valence-electron chi connectivity index (χ0n) is 16.8. The van der Waals surface area contributed by atoms with Gasteiger partial charge in [-0.25, -0.2) is 4.68 Å². The summed E-state index contributed by atoms with van der Waals surface area (Å²) in [6.45, 7) is 1.23. The van der Waals surface area contributed by atoms with Crippen LogP contribution in [0, 0.1) is 0 Å². The third-order valence-corrected chi connectivity index (χ3v) is 5.02. The first-order chi connectivity index (χ1) is 14.8. The molecule has 4 aromatic rings. The van der Waals surface area contributed by atoms with Crippen LogP contribution in [0.1, 0.15) is 16.7 Å². The van der Waals surface area contributed by atoms with Crippen molar-refractivity contribution in [1.82, 2.24) is 19.7 Å². The molecule has 0 saturated carbocycles. The van der Waals surface area contributed by atoms with Gasteiger partial charge in [-0.15, -0.1) is 0 Å². The average Bonchev–Trinajstić information content (AvgIpc) is 3.33. The van der Waals surface area contributed by atoms with Gasteiger partial charge in [-0.05, 0) is 47.4 Å². The number of benzene rings is 2. The van der Waals surface area contributed by atoms with E-state index in [0.29, 0.717) is 19.5 Å². The van der Waals surface area contributed by atoms with E-state index in [-0.39, 0.29) is 5.91 Å². The number of rotatable bonds is 8. The summed E-state index contributed by atoms with van der Waals surface area (Å²) < 4.78 is 1.81. The SMILES string of the molecule is O=C(Cc1ccc(-n2cccn2)cc1)N(CCc1ccccc1)Cc1cccnc1. The van der Waals surface area contributed by atoms with Crippen LogP contribution < -0.4 is 0 Å². The van der Waals surface area contributed by atoms with Gasteiger partial charge >= 0.3 is 0 Å². The highest BCUT2D eigenvalue weighted by Crippen LogP contribution is 2.13. The molecule has 2 aromatic heterocycles. The molecule has 1 amide bonds. The van der Waals surface area contributed by atoms with Crippen molar-refractivity contribution in [3.05, 3.63) is 114 Å². The van der Waals surface area contributed by atoms with Crippen LogP contribution in [0.2, 0.25) is 0 Å². The second kappa shape index (κ2) is 9.65. The van der Waals surface area contributed by atoms with Crippen molar-refractivity contribution in [2.24, 2.45) is 0 Å². The molecular weight excluding hydrogens is 372 g/mol. The Morgan fingerprint density at radius 3 is 2.33 bits per heavy atom. The van der Waals surface area contributed by atoms with Crippen molar-refractivity contribution in [3.63, 3.8) is 0 Å². The summed E-state index contributed by atoms with van der Waals surface area (Å²) in [7, 11) is 0. The molecular formula is C25H24N4O. The summed E-state index contributed by atoms with van der Waals surface area (Å²) in [6.07, 6.45) is 8.42. The minimum Gasteiger partial charge on any atom is -0.338 e. The molecule has 150 valence electrons. The van der Waals surface area contributed by atoms with Crippen LogP contribution in [-0.4, -0.2) is 32.1 Å². The van der Waals surface area contributed by atoms with Crippen molar-refractivity contribution in [2.45, 2.75) is 19.4 Å². The van der Waals surface area contributed by atoms with Crippen molar-refractivity contribution in [1.29, 1.82) is 0 Å². The third kappa shape index (κ3) is 5.20. The highest BCUT2D eigenvalue weighted by atomic mass is 16.2. The fourth-order valence-corrected chi connectivity index (χ4v) is 3.39. The molecule has 2 aromatic carbocycles. The summed E-state index contributed by atoms with van der Waals surface area (Å²) in [5.74, 6) is 0.113. The number of hydrogen-bond donors (Lipinski definition) is 0. The molecule has 0 aliphatic rings. The molecule has 2 heterocycles. The minimum atomic E-state index is 0.113. The first-order valence-corrected chi connectivity index (χ1v) is 10.1. The fraction of sp³-hybridized carbons (Fsp3) is 0.160. The largest absolute Gasteiger partial charge is 0.338 e. The van der Waals surface area contributed by atoms with Crippen molar-refractivity contribution in [2.75, 3.05) is 6.54 Å². The van der Waals surface area contributed by atoms with Gasteiger partial charge in [-0.1, -0.05) is 48.5 Å². The Hall–Kier alpha value is -3.73. The Kier molecular flexibility index (Phi) is 6.30. The van der Waals surface area contributed by atoms with Crippen LogP contribution in [-0.2, 0) is 24.2 Å². The summed E-state index contributed by atoms with van der Waals surface area (Å²) >= 11 is 0. The van der Waals surface area contributed by atoms with E-state index in [0.717, 1.165) is 23.2 Å². The third-order valence-electron chi connectivity index (χ3n) is 5.02. The highest BCUT2D eigenvalue weighted by Gasteiger charge is 2.15. The number of nitrogens with zero attached hydrogens (tertiary/aromatic N) is 4. The van der Waals surface area contributed by atoms with Crippen molar-refractivity contribution in [3.8, 4) is 5.69 Å². The van der Waals surface area contributed by atoms with Crippen molar-refractivity contribution >= 4 is 5.91 Å². The lowest BCUT2D eigenvalue weighted by atomic mass is 10.1. The molecule has 0 spiro atoms. The highest BCUT2D eigenvalue weighted by molar-refractivity contribution is 5.78. The molecule has 0 N–H and O–H groups in total. The Morgan fingerprint density at radius 1 is 0.833 bits per heavy atom. The van der Waals surface area contributed by atoms with Gasteiger partial charge < -0.3 is 4.90 Å². The zero-order chi connectivity index (χ0) is 20.6. The zero-order valence-corrected chi connectivity index (χ0v) is 16.8. The topological polar surface area (TPSA) is 51.0 Å². The number of pyridine rings is 1. The molecule has 0 bridgehead atoms. The number of amides is 1. The van der Waals surface area contributed by atoms with Gasteiger partial charge in [-0.3, -0.25) is 9.78 Å². The minimum absolute atomic E-state index is 0.113. The van der Waals surface area contributed by atoms with Crippen LogP contribution >= 0.6 is 0 Å². The maximum atomic E-state index is 13.1. The van der Waals surface area contributed by atoms with Gasteiger partial charge in [-0.2, -0.15) is 5.10 Å². The van der Waals surface area contributed by atoms with Gasteiger partial charge in [0.1, 0.15) is 0 Å². The lowest BCUT2D eigenvalue weighted by Gasteiger charge is -2.23. The molecule has 0 saturated heterocycles. The fourth-order valence-electron chi connectivity index (χ4n) is 3.39.